The molecule has 1 amide bonds. The van der Waals surface area contributed by atoms with Crippen LogP contribution in [0.5, 0.6) is 0 Å². The Bertz CT molecular complexity index is 395. The van der Waals surface area contributed by atoms with Gasteiger partial charge in [0.05, 0.1) is 4.92 Å². The summed E-state index contributed by atoms with van der Waals surface area (Å²) in [6, 6.07) is 6.26. The molecule has 0 aromatic heterocycles. The van der Waals surface area contributed by atoms with Gasteiger partial charge in [-0.1, -0.05) is 18.2 Å². The molecule has 0 bridgehead atoms. The minimum absolute atomic E-state index is 0.0111. The molecule has 0 aliphatic carbocycles. The van der Waals surface area contributed by atoms with E-state index in [4.69, 9.17) is 0 Å². The third-order valence-corrected chi connectivity index (χ3v) is 2.03. The smallest absolute Gasteiger partial charge is 0.272 e. The van der Waals surface area contributed by atoms with Crippen LogP contribution in [0.15, 0.2) is 24.3 Å². The number of para-hydroxylation sites is 1. The maximum absolute atomic E-state index is 11.8. The van der Waals surface area contributed by atoms with Crippen LogP contribution in [0.4, 0.5) is 10.1 Å². The summed E-state index contributed by atoms with van der Waals surface area (Å²) >= 11 is 0. The fraction of sp³-hybridized carbons (Fsp3) is 0.300. The van der Waals surface area contributed by atoms with E-state index in [0.29, 0.717) is 12.0 Å². The first kappa shape index (κ1) is 12.1. The van der Waals surface area contributed by atoms with E-state index in [1.165, 1.54) is 6.07 Å². The van der Waals surface area contributed by atoms with Crippen molar-refractivity contribution in [2.45, 2.75) is 6.42 Å². The van der Waals surface area contributed by atoms with Gasteiger partial charge in [-0.05, 0) is 6.42 Å². The SMILES string of the molecule is O=C(CF)NCCc1ccccc1[N+](=O)[O-]. The number of carbonyl (C=O) groups excluding carboxylic acids is 1. The van der Waals surface area contributed by atoms with Gasteiger partial charge >= 0.3 is 0 Å². The Morgan fingerprint density at radius 2 is 2.12 bits per heavy atom. The van der Waals surface area contributed by atoms with E-state index in [1.807, 2.05) is 0 Å². The number of carbonyl (C=O) groups is 1. The highest BCUT2D eigenvalue weighted by Crippen LogP contribution is 2.17. The number of nitro groups is 1. The van der Waals surface area contributed by atoms with Gasteiger partial charge in [-0.25, -0.2) is 4.39 Å². The monoisotopic (exact) mass is 226 g/mol. The van der Waals surface area contributed by atoms with Gasteiger partial charge < -0.3 is 5.32 Å². The zero-order valence-electron chi connectivity index (χ0n) is 8.48. The molecular weight excluding hydrogens is 215 g/mol. The van der Waals surface area contributed by atoms with Gasteiger partial charge in [0.15, 0.2) is 6.67 Å². The molecule has 6 heteroatoms. The molecule has 0 heterocycles. The summed E-state index contributed by atoms with van der Waals surface area (Å²) in [5.74, 6) is -0.710. The maximum Gasteiger partial charge on any atom is 0.272 e. The van der Waals surface area contributed by atoms with Crippen LogP contribution in [0.3, 0.4) is 0 Å². The number of amides is 1. The van der Waals surface area contributed by atoms with Gasteiger partial charge in [0.1, 0.15) is 0 Å². The van der Waals surface area contributed by atoms with Crippen LogP contribution in [0.25, 0.3) is 0 Å². The van der Waals surface area contributed by atoms with Gasteiger partial charge in [0.25, 0.3) is 11.6 Å². The molecule has 0 spiro atoms. The van der Waals surface area contributed by atoms with Crippen molar-refractivity contribution in [1.29, 1.82) is 0 Å². The first-order valence-corrected chi connectivity index (χ1v) is 4.70. The largest absolute Gasteiger partial charge is 0.353 e. The van der Waals surface area contributed by atoms with Crippen molar-refractivity contribution in [2.75, 3.05) is 13.2 Å². The Kier molecular flexibility index (Phi) is 4.38. The van der Waals surface area contributed by atoms with E-state index in [0.717, 1.165) is 0 Å². The van der Waals surface area contributed by atoms with Crippen LogP contribution in [-0.2, 0) is 11.2 Å². The lowest BCUT2D eigenvalue weighted by Crippen LogP contribution is -2.26. The minimum atomic E-state index is -1.07. The summed E-state index contributed by atoms with van der Waals surface area (Å²) in [5, 5.41) is 12.9. The van der Waals surface area contributed by atoms with Crippen molar-refractivity contribution in [1.82, 2.24) is 5.32 Å². The van der Waals surface area contributed by atoms with Crippen LogP contribution in [0, 0.1) is 10.1 Å². The van der Waals surface area contributed by atoms with Crippen molar-refractivity contribution >= 4 is 11.6 Å². The summed E-state index contributed by atoms with van der Waals surface area (Å²) in [6.45, 7) is -0.884. The Morgan fingerprint density at radius 3 is 2.75 bits per heavy atom. The highest BCUT2D eigenvalue weighted by Gasteiger charge is 2.11. The first-order valence-electron chi connectivity index (χ1n) is 4.70. The van der Waals surface area contributed by atoms with Crippen molar-refractivity contribution in [3.8, 4) is 0 Å². The number of rotatable bonds is 5. The van der Waals surface area contributed by atoms with E-state index in [9.17, 15) is 19.3 Å². The van der Waals surface area contributed by atoms with Crippen molar-refractivity contribution < 1.29 is 14.1 Å². The molecule has 1 aromatic carbocycles. The Hall–Kier alpha value is -1.98. The second-order valence-electron chi connectivity index (χ2n) is 3.12. The van der Waals surface area contributed by atoms with Crippen LogP contribution >= 0.6 is 0 Å². The molecule has 86 valence electrons. The summed E-state index contributed by atoms with van der Waals surface area (Å²) in [4.78, 5) is 20.8. The third kappa shape index (κ3) is 3.30. The summed E-state index contributed by atoms with van der Waals surface area (Å²) < 4.78 is 11.8. The van der Waals surface area contributed by atoms with Gasteiger partial charge in [0, 0.05) is 18.2 Å². The molecule has 0 atom stereocenters. The minimum Gasteiger partial charge on any atom is -0.353 e. The van der Waals surface area contributed by atoms with E-state index in [2.05, 4.69) is 5.32 Å². The molecule has 0 fully saturated rings. The average molecular weight is 226 g/mol. The molecule has 0 aliphatic heterocycles. The number of hydrogen-bond acceptors (Lipinski definition) is 3. The van der Waals surface area contributed by atoms with Gasteiger partial charge in [-0.3, -0.25) is 14.9 Å². The summed E-state index contributed by atoms with van der Waals surface area (Å²) in [5.41, 5.74) is 0.531. The molecule has 16 heavy (non-hydrogen) atoms. The lowest BCUT2D eigenvalue weighted by atomic mass is 10.1. The van der Waals surface area contributed by atoms with Crippen molar-refractivity contribution in [3.63, 3.8) is 0 Å². The standard InChI is InChI=1S/C10H11FN2O3/c11-7-10(14)12-6-5-8-3-1-2-4-9(8)13(15)16/h1-4H,5-7H2,(H,12,14). The zero-order valence-corrected chi connectivity index (χ0v) is 8.48. The molecule has 1 rings (SSSR count). The highest BCUT2D eigenvalue weighted by atomic mass is 19.1. The number of alkyl halides is 1. The average Bonchev–Trinajstić information content (AvgIpc) is 2.29. The highest BCUT2D eigenvalue weighted by molar-refractivity contribution is 5.76. The molecule has 5 nitrogen and oxygen atoms in total. The number of halogens is 1. The lowest BCUT2D eigenvalue weighted by molar-refractivity contribution is -0.385. The fourth-order valence-electron chi connectivity index (χ4n) is 1.28. The van der Waals surface area contributed by atoms with E-state index in [1.54, 1.807) is 18.2 Å². The van der Waals surface area contributed by atoms with Gasteiger partial charge in [-0.2, -0.15) is 0 Å². The number of benzene rings is 1. The van der Waals surface area contributed by atoms with Gasteiger partial charge in [0.2, 0.25) is 0 Å². The quantitative estimate of drug-likeness (QED) is 0.606. The van der Waals surface area contributed by atoms with Crippen LogP contribution in [-0.4, -0.2) is 24.0 Å². The topological polar surface area (TPSA) is 72.2 Å². The maximum atomic E-state index is 11.8. The Balaban J connectivity index is 2.60. The summed E-state index contributed by atoms with van der Waals surface area (Å²) in [7, 11) is 0. The van der Waals surface area contributed by atoms with E-state index in [-0.39, 0.29) is 12.2 Å². The molecule has 0 aliphatic rings. The molecular formula is C10H11FN2O3. The molecule has 0 unspecified atom stereocenters. The second-order valence-corrected chi connectivity index (χ2v) is 3.12. The number of nitro benzene ring substituents is 1. The Labute approximate surface area is 91.4 Å². The molecule has 1 aromatic rings. The van der Waals surface area contributed by atoms with Crippen molar-refractivity contribution in [3.05, 3.63) is 39.9 Å². The number of nitrogens with one attached hydrogen (secondary N) is 1. The Morgan fingerprint density at radius 1 is 1.44 bits per heavy atom. The second kappa shape index (κ2) is 5.79. The predicted octanol–water partition coefficient (Wildman–Crippen LogP) is 1.22. The summed E-state index contributed by atoms with van der Waals surface area (Å²) in [6.07, 6.45) is 0.308. The van der Waals surface area contributed by atoms with Crippen LogP contribution in [0.2, 0.25) is 0 Å². The zero-order chi connectivity index (χ0) is 12.0. The predicted molar refractivity (Wildman–Crippen MR) is 55.8 cm³/mol. The van der Waals surface area contributed by atoms with E-state index < -0.39 is 17.5 Å². The number of hydrogen-bond donors (Lipinski definition) is 1. The molecule has 0 saturated heterocycles. The molecule has 0 radical (unpaired) electrons. The molecule has 1 N–H and O–H groups in total. The lowest BCUT2D eigenvalue weighted by Gasteiger charge is -2.03. The molecule has 0 saturated carbocycles. The van der Waals surface area contributed by atoms with E-state index >= 15 is 0 Å². The number of nitrogens with zero attached hydrogens (tertiary/aromatic N) is 1. The third-order valence-electron chi connectivity index (χ3n) is 2.03. The van der Waals surface area contributed by atoms with Crippen LogP contribution < -0.4 is 5.32 Å². The van der Waals surface area contributed by atoms with Gasteiger partial charge in [-0.15, -0.1) is 0 Å². The first-order chi connectivity index (χ1) is 7.65. The van der Waals surface area contributed by atoms with Crippen LogP contribution in [0.1, 0.15) is 5.56 Å². The normalized spacial score (nSPS) is 9.81. The fourth-order valence-corrected chi connectivity index (χ4v) is 1.28. The van der Waals surface area contributed by atoms with Crippen molar-refractivity contribution in [2.24, 2.45) is 0 Å².